The Kier molecular flexibility index (Phi) is 3.88. The first-order chi connectivity index (χ1) is 8.99. The minimum absolute atomic E-state index is 0.105. The Hall–Kier alpha value is -1.84. The second kappa shape index (κ2) is 5.43. The van der Waals surface area contributed by atoms with Crippen molar-refractivity contribution in [2.45, 2.75) is 32.3 Å². The van der Waals surface area contributed by atoms with Crippen LogP contribution in [-0.4, -0.2) is 24.0 Å². The van der Waals surface area contributed by atoms with E-state index in [-0.39, 0.29) is 18.3 Å². The molecule has 1 fully saturated rings. The average molecular weight is 261 g/mol. The third kappa shape index (κ3) is 3.34. The highest BCUT2D eigenvalue weighted by atomic mass is 16.6. The summed E-state index contributed by atoms with van der Waals surface area (Å²) in [5, 5.41) is 2.88. The molecule has 1 N–H and O–H groups in total. The maximum absolute atomic E-state index is 12.1. The van der Waals surface area contributed by atoms with Gasteiger partial charge >= 0.3 is 5.97 Å². The van der Waals surface area contributed by atoms with Crippen LogP contribution in [0.5, 0.6) is 0 Å². The van der Waals surface area contributed by atoms with Gasteiger partial charge in [0.1, 0.15) is 5.60 Å². The number of ether oxygens (including phenoxy) is 1. The molecule has 1 atom stereocenters. The van der Waals surface area contributed by atoms with E-state index in [2.05, 4.69) is 5.32 Å². The molecule has 1 heterocycles. The molecule has 0 aliphatic carbocycles. The predicted octanol–water partition coefficient (Wildman–Crippen LogP) is 1.69. The van der Waals surface area contributed by atoms with E-state index >= 15 is 0 Å². The lowest BCUT2D eigenvalue weighted by Crippen LogP contribution is -2.41. The summed E-state index contributed by atoms with van der Waals surface area (Å²) in [6.45, 7) is 4.13. The van der Waals surface area contributed by atoms with Crippen molar-refractivity contribution in [3.8, 4) is 0 Å². The van der Waals surface area contributed by atoms with Crippen LogP contribution in [0.3, 0.4) is 0 Å². The van der Waals surface area contributed by atoms with Crippen molar-refractivity contribution < 1.29 is 14.3 Å². The second-order valence-corrected chi connectivity index (χ2v) is 5.36. The summed E-state index contributed by atoms with van der Waals surface area (Å²) in [6.07, 6.45) is 0.957. The van der Waals surface area contributed by atoms with E-state index in [4.69, 9.17) is 4.74 Å². The lowest BCUT2D eigenvalue weighted by atomic mass is 9.90. The van der Waals surface area contributed by atoms with Gasteiger partial charge in [0.25, 0.3) is 0 Å². The molecule has 1 aliphatic heterocycles. The summed E-state index contributed by atoms with van der Waals surface area (Å²) >= 11 is 0. The average Bonchev–Trinajstić information content (AvgIpc) is 2.64. The fourth-order valence-electron chi connectivity index (χ4n) is 2.32. The molecule has 0 saturated carbocycles. The summed E-state index contributed by atoms with van der Waals surface area (Å²) in [5.41, 5.74) is 0.481. The number of carbonyl (C=O) groups excluding carboxylic acids is 2. The number of benzene rings is 1. The molecule has 1 amide bonds. The van der Waals surface area contributed by atoms with Gasteiger partial charge in [0, 0.05) is 6.54 Å². The largest absolute Gasteiger partial charge is 0.459 e. The molecule has 1 aliphatic rings. The molecule has 1 aromatic carbocycles. The number of carbonyl (C=O) groups is 2. The molecular weight excluding hydrogens is 242 g/mol. The summed E-state index contributed by atoms with van der Waals surface area (Å²) in [6, 6.07) is 9.97. The molecule has 4 nitrogen and oxygen atoms in total. The fraction of sp³-hybridized carbons (Fsp3) is 0.467. The quantitative estimate of drug-likeness (QED) is 0.839. The summed E-state index contributed by atoms with van der Waals surface area (Å²) < 4.78 is 5.15. The van der Waals surface area contributed by atoms with Gasteiger partial charge in [-0.2, -0.15) is 0 Å². The van der Waals surface area contributed by atoms with Crippen molar-refractivity contribution in [1.82, 2.24) is 5.32 Å². The molecule has 2 rings (SSSR count). The number of amides is 1. The minimum atomic E-state index is -0.700. The fourth-order valence-corrected chi connectivity index (χ4v) is 2.32. The summed E-state index contributed by atoms with van der Waals surface area (Å²) in [7, 11) is 0. The van der Waals surface area contributed by atoms with Crippen LogP contribution in [0.1, 0.15) is 25.8 Å². The Morgan fingerprint density at radius 2 is 2.05 bits per heavy atom. The topological polar surface area (TPSA) is 55.4 Å². The van der Waals surface area contributed by atoms with Crippen molar-refractivity contribution in [2.24, 2.45) is 5.92 Å². The normalized spacial score (nSPS) is 20.9. The van der Waals surface area contributed by atoms with E-state index in [0.717, 1.165) is 6.42 Å². The molecule has 102 valence electrons. The van der Waals surface area contributed by atoms with Crippen molar-refractivity contribution >= 4 is 11.9 Å². The van der Waals surface area contributed by atoms with Crippen LogP contribution in [0.25, 0.3) is 0 Å². The van der Waals surface area contributed by atoms with Crippen LogP contribution in [0.15, 0.2) is 30.3 Å². The summed E-state index contributed by atoms with van der Waals surface area (Å²) in [5.74, 6) is -0.796. The van der Waals surface area contributed by atoms with Crippen LogP contribution in [0, 0.1) is 5.92 Å². The van der Waals surface area contributed by atoms with Crippen LogP contribution in [-0.2, 0) is 20.7 Å². The minimum Gasteiger partial charge on any atom is -0.459 e. The third-order valence-corrected chi connectivity index (χ3v) is 3.46. The molecule has 0 aromatic heterocycles. The van der Waals surface area contributed by atoms with Crippen molar-refractivity contribution in [1.29, 1.82) is 0 Å². The van der Waals surface area contributed by atoms with Gasteiger partial charge in [0.2, 0.25) is 5.91 Å². The first kappa shape index (κ1) is 13.6. The first-order valence-corrected chi connectivity index (χ1v) is 6.52. The number of rotatable bonds is 4. The summed E-state index contributed by atoms with van der Waals surface area (Å²) in [4.78, 5) is 23.3. The molecule has 19 heavy (non-hydrogen) atoms. The highest BCUT2D eigenvalue weighted by Crippen LogP contribution is 2.32. The van der Waals surface area contributed by atoms with Crippen LogP contribution in [0.4, 0.5) is 0 Å². The number of nitrogens with one attached hydrogen (secondary N) is 1. The van der Waals surface area contributed by atoms with Crippen LogP contribution < -0.4 is 5.32 Å². The smallest absolute Gasteiger partial charge is 0.307 e. The Labute approximate surface area is 113 Å². The molecule has 0 unspecified atom stereocenters. The van der Waals surface area contributed by atoms with E-state index in [9.17, 15) is 9.59 Å². The van der Waals surface area contributed by atoms with E-state index in [1.54, 1.807) is 13.8 Å². The van der Waals surface area contributed by atoms with Crippen LogP contribution >= 0.6 is 0 Å². The van der Waals surface area contributed by atoms with Gasteiger partial charge in [-0.25, -0.2) is 0 Å². The van der Waals surface area contributed by atoms with Gasteiger partial charge in [0.15, 0.2) is 0 Å². The monoisotopic (exact) mass is 261 g/mol. The second-order valence-electron chi connectivity index (χ2n) is 5.36. The maximum atomic E-state index is 12.1. The molecule has 0 radical (unpaired) electrons. The highest BCUT2D eigenvalue weighted by Gasteiger charge is 2.45. The van der Waals surface area contributed by atoms with E-state index < -0.39 is 11.5 Å². The molecule has 0 spiro atoms. The molecule has 1 aromatic rings. The van der Waals surface area contributed by atoms with Gasteiger partial charge in [-0.05, 0) is 25.8 Å². The standard InChI is InChI=1S/C15H19NO3/c1-15(2)12(10-13(17)19-15)14(18)16-9-8-11-6-4-3-5-7-11/h3-7,12H,8-10H2,1-2H3,(H,16,18)/t12-/m0/s1. The van der Waals surface area contributed by atoms with E-state index in [1.165, 1.54) is 5.56 Å². The molecule has 4 heteroatoms. The number of hydrogen-bond acceptors (Lipinski definition) is 3. The number of hydrogen-bond donors (Lipinski definition) is 1. The Balaban J connectivity index is 1.83. The van der Waals surface area contributed by atoms with Gasteiger partial charge < -0.3 is 10.1 Å². The van der Waals surface area contributed by atoms with Gasteiger partial charge in [-0.15, -0.1) is 0 Å². The van der Waals surface area contributed by atoms with E-state index in [0.29, 0.717) is 6.54 Å². The van der Waals surface area contributed by atoms with Crippen molar-refractivity contribution in [3.63, 3.8) is 0 Å². The molecular formula is C15H19NO3. The van der Waals surface area contributed by atoms with Gasteiger partial charge in [-0.1, -0.05) is 30.3 Å². The van der Waals surface area contributed by atoms with Crippen LogP contribution in [0.2, 0.25) is 0 Å². The zero-order chi connectivity index (χ0) is 13.9. The maximum Gasteiger partial charge on any atom is 0.307 e. The predicted molar refractivity (Wildman–Crippen MR) is 71.4 cm³/mol. The molecule has 0 bridgehead atoms. The Morgan fingerprint density at radius 1 is 1.37 bits per heavy atom. The zero-order valence-electron chi connectivity index (χ0n) is 11.3. The first-order valence-electron chi connectivity index (χ1n) is 6.52. The number of cyclic esters (lactones) is 1. The van der Waals surface area contributed by atoms with Crippen molar-refractivity contribution in [2.75, 3.05) is 6.54 Å². The zero-order valence-corrected chi connectivity index (χ0v) is 11.3. The van der Waals surface area contributed by atoms with Crippen molar-refractivity contribution in [3.05, 3.63) is 35.9 Å². The van der Waals surface area contributed by atoms with Gasteiger partial charge in [0.05, 0.1) is 12.3 Å². The lowest BCUT2D eigenvalue weighted by Gasteiger charge is -2.23. The number of esters is 1. The van der Waals surface area contributed by atoms with Gasteiger partial charge in [-0.3, -0.25) is 9.59 Å². The SMILES string of the molecule is CC1(C)OC(=O)C[C@H]1C(=O)NCCc1ccccc1. The lowest BCUT2D eigenvalue weighted by molar-refractivity contribution is -0.147. The molecule has 1 saturated heterocycles. The Bertz CT molecular complexity index is 468. The Morgan fingerprint density at radius 3 is 2.63 bits per heavy atom. The highest BCUT2D eigenvalue weighted by molar-refractivity contribution is 5.87. The third-order valence-electron chi connectivity index (χ3n) is 3.46. The van der Waals surface area contributed by atoms with E-state index in [1.807, 2.05) is 30.3 Å².